The Morgan fingerprint density at radius 2 is 1.75 bits per heavy atom. The molecule has 146 valence electrons. The Morgan fingerprint density at radius 3 is 2.54 bits per heavy atom. The summed E-state index contributed by atoms with van der Waals surface area (Å²) in [5.41, 5.74) is 1.17. The molecule has 4 rings (SSSR count). The molecule has 0 saturated carbocycles. The summed E-state index contributed by atoms with van der Waals surface area (Å²) < 4.78 is 15.9. The molecular formula is C21H22N2O5. The molecule has 0 radical (unpaired) electrons. The highest BCUT2D eigenvalue weighted by atomic mass is 16.7. The van der Waals surface area contributed by atoms with Gasteiger partial charge >= 0.3 is 0 Å². The minimum atomic E-state index is -0.0424. The first-order valence-electron chi connectivity index (χ1n) is 9.23. The van der Waals surface area contributed by atoms with Gasteiger partial charge in [0.1, 0.15) is 5.75 Å². The van der Waals surface area contributed by atoms with Crippen molar-refractivity contribution < 1.29 is 23.8 Å². The van der Waals surface area contributed by atoms with Gasteiger partial charge in [-0.05, 0) is 30.3 Å². The number of fused-ring (bicyclic) bond motifs is 1. The summed E-state index contributed by atoms with van der Waals surface area (Å²) in [7, 11) is 1.56. The first-order valence-corrected chi connectivity index (χ1v) is 9.23. The highest BCUT2D eigenvalue weighted by Gasteiger charge is 2.25. The van der Waals surface area contributed by atoms with Crippen LogP contribution in [0.2, 0.25) is 0 Å². The van der Waals surface area contributed by atoms with Gasteiger partial charge in [-0.25, -0.2) is 0 Å². The SMILES string of the molecule is COc1ccccc1C(=O)N1CCN(CC(=O)c2ccc3c(c2)OCO3)CC1. The molecular weight excluding hydrogens is 360 g/mol. The molecule has 1 fully saturated rings. The molecule has 2 aliphatic rings. The van der Waals surface area contributed by atoms with Gasteiger partial charge < -0.3 is 19.1 Å². The molecule has 28 heavy (non-hydrogen) atoms. The molecule has 0 aromatic heterocycles. The smallest absolute Gasteiger partial charge is 0.257 e. The molecule has 0 aliphatic carbocycles. The summed E-state index contributed by atoms with van der Waals surface area (Å²) in [6.45, 7) is 2.95. The second-order valence-corrected chi connectivity index (χ2v) is 6.76. The largest absolute Gasteiger partial charge is 0.496 e. The number of piperazine rings is 1. The molecule has 0 unspecified atom stereocenters. The van der Waals surface area contributed by atoms with Crippen LogP contribution in [0.25, 0.3) is 0 Å². The third-order valence-corrected chi connectivity index (χ3v) is 5.06. The van der Waals surface area contributed by atoms with Crippen LogP contribution in [0.1, 0.15) is 20.7 Å². The van der Waals surface area contributed by atoms with Gasteiger partial charge in [0.2, 0.25) is 6.79 Å². The molecule has 2 heterocycles. The van der Waals surface area contributed by atoms with E-state index in [1.54, 1.807) is 42.3 Å². The van der Waals surface area contributed by atoms with Crippen LogP contribution in [-0.4, -0.2) is 68.1 Å². The van der Waals surface area contributed by atoms with E-state index in [2.05, 4.69) is 4.90 Å². The van der Waals surface area contributed by atoms with Gasteiger partial charge in [0.15, 0.2) is 17.3 Å². The Labute approximate surface area is 163 Å². The summed E-state index contributed by atoms with van der Waals surface area (Å²) in [6.07, 6.45) is 0. The van der Waals surface area contributed by atoms with E-state index >= 15 is 0 Å². The zero-order chi connectivity index (χ0) is 19.5. The molecule has 7 heteroatoms. The Bertz CT molecular complexity index is 890. The van der Waals surface area contributed by atoms with E-state index in [1.807, 2.05) is 12.1 Å². The predicted molar refractivity (Wildman–Crippen MR) is 102 cm³/mol. The zero-order valence-corrected chi connectivity index (χ0v) is 15.7. The van der Waals surface area contributed by atoms with E-state index in [9.17, 15) is 9.59 Å². The van der Waals surface area contributed by atoms with Crippen molar-refractivity contribution in [1.82, 2.24) is 9.80 Å². The van der Waals surface area contributed by atoms with E-state index in [1.165, 1.54) is 0 Å². The number of amides is 1. The third-order valence-electron chi connectivity index (χ3n) is 5.06. The lowest BCUT2D eigenvalue weighted by Gasteiger charge is -2.34. The monoisotopic (exact) mass is 382 g/mol. The first-order chi connectivity index (χ1) is 13.7. The summed E-state index contributed by atoms with van der Waals surface area (Å²) in [4.78, 5) is 29.2. The molecule has 1 amide bonds. The minimum absolute atomic E-state index is 0.0304. The van der Waals surface area contributed by atoms with Gasteiger partial charge in [0, 0.05) is 31.7 Å². The van der Waals surface area contributed by atoms with E-state index in [4.69, 9.17) is 14.2 Å². The number of hydrogen-bond donors (Lipinski definition) is 0. The van der Waals surface area contributed by atoms with Crippen LogP contribution < -0.4 is 14.2 Å². The number of carbonyl (C=O) groups excluding carboxylic acids is 2. The van der Waals surface area contributed by atoms with Crippen molar-refractivity contribution in [3.05, 3.63) is 53.6 Å². The highest BCUT2D eigenvalue weighted by molar-refractivity contribution is 5.98. The number of ether oxygens (including phenoxy) is 3. The number of rotatable bonds is 5. The van der Waals surface area contributed by atoms with Gasteiger partial charge in [-0.2, -0.15) is 0 Å². The molecule has 7 nitrogen and oxygen atoms in total. The van der Waals surface area contributed by atoms with Crippen LogP contribution in [0.5, 0.6) is 17.2 Å². The fourth-order valence-corrected chi connectivity index (χ4v) is 3.47. The number of para-hydroxylation sites is 1. The number of benzene rings is 2. The number of ketones is 1. The van der Waals surface area contributed by atoms with Gasteiger partial charge in [-0.1, -0.05) is 12.1 Å². The molecule has 0 bridgehead atoms. The highest BCUT2D eigenvalue weighted by Crippen LogP contribution is 2.32. The van der Waals surface area contributed by atoms with Gasteiger partial charge in [-0.3, -0.25) is 14.5 Å². The Morgan fingerprint density at radius 1 is 1.00 bits per heavy atom. The summed E-state index contributed by atoms with van der Waals surface area (Å²) in [6, 6.07) is 12.5. The molecule has 0 atom stereocenters. The van der Waals surface area contributed by atoms with Gasteiger partial charge in [0.05, 0.1) is 19.2 Å². The van der Waals surface area contributed by atoms with Crippen LogP contribution >= 0.6 is 0 Å². The van der Waals surface area contributed by atoms with Crippen molar-refractivity contribution in [2.24, 2.45) is 0 Å². The van der Waals surface area contributed by atoms with Crippen LogP contribution in [0, 0.1) is 0 Å². The number of nitrogens with zero attached hydrogens (tertiary/aromatic N) is 2. The maximum atomic E-state index is 12.8. The van der Waals surface area contributed by atoms with Crippen LogP contribution in [0.3, 0.4) is 0 Å². The van der Waals surface area contributed by atoms with E-state index in [0.717, 1.165) is 0 Å². The van der Waals surface area contributed by atoms with Crippen LogP contribution in [-0.2, 0) is 0 Å². The fraction of sp³-hybridized carbons (Fsp3) is 0.333. The van der Waals surface area contributed by atoms with Crippen molar-refractivity contribution in [3.63, 3.8) is 0 Å². The van der Waals surface area contributed by atoms with Gasteiger partial charge in [0.25, 0.3) is 5.91 Å². The zero-order valence-electron chi connectivity index (χ0n) is 15.7. The lowest BCUT2D eigenvalue weighted by Crippen LogP contribution is -2.49. The maximum Gasteiger partial charge on any atom is 0.257 e. The van der Waals surface area contributed by atoms with Crippen LogP contribution in [0.4, 0.5) is 0 Å². The lowest BCUT2D eigenvalue weighted by atomic mass is 10.1. The first kappa shape index (κ1) is 18.3. The Balaban J connectivity index is 1.34. The van der Waals surface area contributed by atoms with Crippen molar-refractivity contribution in [2.45, 2.75) is 0 Å². The standard InChI is InChI=1S/C21H22N2O5/c1-26-18-5-3-2-4-16(18)21(25)23-10-8-22(9-11-23)13-17(24)15-6-7-19-20(12-15)28-14-27-19/h2-7,12H,8-11,13-14H2,1H3. The second kappa shape index (κ2) is 7.90. The number of methoxy groups -OCH3 is 1. The van der Waals surface area contributed by atoms with Crippen molar-refractivity contribution in [3.8, 4) is 17.2 Å². The third kappa shape index (κ3) is 3.66. The summed E-state index contributed by atoms with van der Waals surface area (Å²) in [5, 5.41) is 0. The maximum absolute atomic E-state index is 12.8. The van der Waals surface area contributed by atoms with Gasteiger partial charge in [-0.15, -0.1) is 0 Å². The quantitative estimate of drug-likeness (QED) is 0.738. The van der Waals surface area contributed by atoms with Crippen LogP contribution in [0.15, 0.2) is 42.5 Å². The predicted octanol–water partition coefficient (Wildman–Crippen LogP) is 2.06. The number of carbonyl (C=O) groups is 2. The minimum Gasteiger partial charge on any atom is -0.496 e. The molecule has 2 aromatic rings. The second-order valence-electron chi connectivity index (χ2n) is 6.76. The van der Waals surface area contributed by atoms with E-state index in [-0.39, 0.29) is 18.5 Å². The van der Waals surface area contributed by atoms with Crippen molar-refractivity contribution >= 4 is 11.7 Å². The van der Waals surface area contributed by atoms with E-state index < -0.39 is 0 Å². The average Bonchev–Trinajstić information content (AvgIpc) is 3.21. The van der Waals surface area contributed by atoms with Crippen molar-refractivity contribution in [1.29, 1.82) is 0 Å². The summed E-state index contributed by atoms with van der Waals surface area (Å²) >= 11 is 0. The van der Waals surface area contributed by atoms with E-state index in [0.29, 0.717) is 61.1 Å². The molecule has 1 saturated heterocycles. The average molecular weight is 382 g/mol. The molecule has 2 aromatic carbocycles. The van der Waals surface area contributed by atoms with Crippen molar-refractivity contribution in [2.75, 3.05) is 46.6 Å². The lowest BCUT2D eigenvalue weighted by molar-refractivity contribution is 0.0621. The topological polar surface area (TPSA) is 68.3 Å². The molecule has 2 aliphatic heterocycles. The summed E-state index contributed by atoms with van der Waals surface area (Å²) in [5.74, 6) is 1.84. The normalized spacial score (nSPS) is 16.1. The number of hydrogen-bond acceptors (Lipinski definition) is 6. The molecule has 0 spiro atoms. The molecule has 0 N–H and O–H groups in total. The Hall–Kier alpha value is -3.06. The fourth-order valence-electron chi connectivity index (χ4n) is 3.47. The Kier molecular flexibility index (Phi) is 5.16. The number of Topliss-reactive ketones (excluding diaryl/α,β-unsaturated/α-hetero) is 1.